The zero-order chi connectivity index (χ0) is 9.97. The molecule has 0 heterocycles. The van der Waals surface area contributed by atoms with Gasteiger partial charge in [0, 0.05) is 0 Å². The summed E-state index contributed by atoms with van der Waals surface area (Å²) in [4.78, 5) is 0. The number of rotatable bonds is 1. The van der Waals surface area contributed by atoms with Gasteiger partial charge in [0.05, 0.1) is 0 Å². The van der Waals surface area contributed by atoms with Crippen molar-refractivity contribution in [2.45, 2.75) is 31.6 Å². The van der Waals surface area contributed by atoms with Gasteiger partial charge in [-0.1, -0.05) is 6.07 Å². The second-order valence-electron chi connectivity index (χ2n) is 3.81. The van der Waals surface area contributed by atoms with E-state index in [2.05, 4.69) is 6.42 Å². The zero-order valence-corrected chi connectivity index (χ0v) is 7.97. The van der Waals surface area contributed by atoms with Gasteiger partial charge >= 0.3 is 0 Å². The second-order valence-corrected chi connectivity index (χ2v) is 3.81. The van der Waals surface area contributed by atoms with E-state index in [1.54, 1.807) is 6.07 Å². The highest BCUT2D eigenvalue weighted by atomic mass is 19.2. The van der Waals surface area contributed by atoms with Crippen LogP contribution in [-0.4, -0.2) is 0 Å². The molecule has 75 valence electrons. The summed E-state index contributed by atoms with van der Waals surface area (Å²) in [5.41, 5.74) is 0.942. The van der Waals surface area contributed by atoms with Gasteiger partial charge in [-0.2, -0.15) is 0 Å². The first-order valence-corrected chi connectivity index (χ1v) is 5.04. The van der Waals surface area contributed by atoms with E-state index < -0.39 is 11.6 Å². The monoisotopic (exact) mass is 195 g/mol. The Labute approximate surface area is 82.9 Å². The van der Waals surface area contributed by atoms with Gasteiger partial charge < -0.3 is 0 Å². The van der Waals surface area contributed by atoms with Gasteiger partial charge in [0.15, 0.2) is 11.6 Å². The van der Waals surface area contributed by atoms with E-state index in [-0.39, 0.29) is 0 Å². The third-order valence-corrected chi connectivity index (χ3v) is 2.85. The molecule has 1 aliphatic carbocycles. The lowest BCUT2D eigenvalue weighted by Crippen LogP contribution is -2.05. The molecule has 0 nitrogen and oxygen atoms in total. The lowest BCUT2D eigenvalue weighted by Gasteiger charge is -2.21. The summed E-state index contributed by atoms with van der Waals surface area (Å²) in [6.45, 7) is 0. The highest BCUT2D eigenvalue weighted by molar-refractivity contribution is 5.22. The molecule has 1 saturated carbocycles. The summed E-state index contributed by atoms with van der Waals surface area (Å²) in [6.07, 6.45) is 6.56. The SMILES string of the molecule is Fc1ccc(C2CC[CH]CC2)cc1F. The summed E-state index contributed by atoms with van der Waals surface area (Å²) < 4.78 is 25.6. The van der Waals surface area contributed by atoms with E-state index in [1.807, 2.05) is 0 Å². The first-order valence-electron chi connectivity index (χ1n) is 5.04. The molecule has 1 aliphatic rings. The molecule has 1 radical (unpaired) electrons. The third kappa shape index (κ3) is 1.94. The Hall–Kier alpha value is -0.920. The van der Waals surface area contributed by atoms with Crippen LogP contribution in [0.25, 0.3) is 0 Å². The molecule has 0 unspecified atom stereocenters. The van der Waals surface area contributed by atoms with E-state index in [0.29, 0.717) is 5.92 Å². The normalized spacial score (nSPS) is 18.4. The summed E-state index contributed by atoms with van der Waals surface area (Å²) in [5, 5.41) is 0. The fourth-order valence-corrected chi connectivity index (χ4v) is 2.03. The molecule has 1 aromatic rings. The van der Waals surface area contributed by atoms with Gasteiger partial charge in [-0.25, -0.2) is 8.78 Å². The third-order valence-electron chi connectivity index (χ3n) is 2.85. The Morgan fingerprint density at radius 1 is 1.00 bits per heavy atom. The summed E-state index contributed by atoms with van der Waals surface area (Å²) in [5.74, 6) is -1.07. The molecule has 0 atom stereocenters. The lowest BCUT2D eigenvalue weighted by atomic mass is 9.84. The first kappa shape index (κ1) is 9.63. The molecule has 2 heteroatoms. The minimum Gasteiger partial charge on any atom is -0.204 e. The minimum atomic E-state index is -0.754. The van der Waals surface area contributed by atoms with Crippen LogP contribution in [0, 0.1) is 18.1 Å². The zero-order valence-electron chi connectivity index (χ0n) is 7.97. The Kier molecular flexibility index (Phi) is 2.80. The maximum absolute atomic E-state index is 13.0. The molecule has 1 aromatic carbocycles. The van der Waals surface area contributed by atoms with Crippen LogP contribution in [0.15, 0.2) is 18.2 Å². The van der Waals surface area contributed by atoms with Crippen LogP contribution in [0.4, 0.5) is 8.78 Å². The van der Waals surface area contributed by atoms with E-state index >= 15 is 0 Å². The van der Waals surface area contributed by atoms with Crippen molar-refractivity contribution in [2.24, 2.45) is 0 Å². The highest BCUT2D eigenvalue weighted by Gasteiger charge is 2.16. The molecule has 0 bridgehead atoms. The Morgan fingerprint density at radius 2 is 1.71 bits per heavy atom. The largest absolute Gasteiger partial charge is 0.204 e. The number of halogens is 2. The van der Waals surface area contributed by atoms with E-state index in [1.165, 1.54) is 12.1 Å². The van der Waals surface area contributed by atoms with Gasteiger partial charge in [-0.3, -0.25) is 0 Å². The van der Waals surface area contributed by atoms with Gasteiger partial charge in [-0.05, 0) is 55.7 Å². The van der Waals surface area contributed by atoms with Gasteiger partial charge in [-0.15, -0.1) is 0 Å². The van der Waals surface area contributed by atoms with Crippen LogP contribution in [0.1, 0.15) is 37.2 Å². The standard InChI is InChI=1S/C12H13F2/c13-11-7-6-10(8-12(11)14)9-4-2-1-3-5-9/h1,6-9H,2-5H2. The molecule has 2 rings (SSSR count). The second kappa shape index (κ2) is 4.07. The number of hydrogen-bond acceptors (Lipinski definition) is 0. The molecule has 14 heavy (non-hydrogen) atoms. The van der Waals surface area contributed by atoms with Crippen molar-refractivity contribution in [3.63, 3.8) is 0 Å². The predicted molar refractivity (Wildman–Crippen MR) is 51.9 cm³/mol. The fourth-order valence-electron chi connectivity index (χ4n) is 2.03. The maximum atomic E-state index is 13.0. The average molecular weight is 195 g/mol. The van der Waals surface area contributed by atoms with Crippen molar-refractivity contribution in [3.05, 3.63) is 41.8 Å². The molecule has 0 aromatic heterocycles. The molecule has 0 spiro atoms. The maximum Gasteiger partial charge on any atom is 0.159 e. The van der Waals surface area contributed by atoms with Crippen LogP contribution in [-0.2, 0) is 0 Å². The van der Waals surface area contributed by atoms with Gasteiger partial charge in [0.1, 0.15) is 0 Å². The smallest absolute Gasteiger partial charge is 0.159 e. The predicted octanol–water partition coefficient (Wildman–Crippen LogP) is 3.83. The topological polar surface area (TPSA) is 0 Å². The Balaban J connectivity index is 2.18. The van der Waals surface area contributed by atoms with Crippen molar-refractivity contribution in [3.8, 4) is 0 Å². The molecule has 0 saturated heterocycles. The van der Waals surface area contributed by atoms with E-state index in [0.717, 1.165) is 31.2 Å². The van der Waals surface area contributed by atoms with Crippen molar-refractivity contribution in [1.29, 1.82) is 0 Å². The van der Waals surface area contributed by atoms with Crippen molar-refractivity contribution in [1.82, 2.24) is 0 Å². The van der Waals surface area contributed by atoms with Crippen molar-refractivity contribution >= 4 is 0 Å². The van der Waals surface area contributed by atoms with E-state index in [4.69, 9.17) is 0 Å². The quantitative estimate of drug-likeness (QED) is 0.639. The fraction of sp³-hybridized carbons (Fsp3) is 0.417. The minimum absolute atomic E-state index is 0.412. The van der Waals surface area contributed by atoms with Gasteiger partial charge in [0.2, 0.25) is 0 Å². The van der Waals surface area contributed by atoms with Crippen molar-refractivity contribution in [2.75, 3.05) is 0 Å². The van der Waals surface area contributed by atoms with Crippen LogP contribution >= 0.6 is 0 Å². The molecule has 0 N–H and O–H groups in total. The van der Waals surface area contributed by atoms with E-state index in [9.17, 15) is 8.78 Å². The number of hydrogen-bond donors (Lipinski definition) is 0. The summed E-state index contributed by atoms with van der Waals surface area (Å²) in [7, 11) is 0. The number of benzene rings is 1. The van der Waals surface area contributed by atoms with Crippen LogP contribution in [0.2, 0.25) is 0 Å². The van der Waals surface area contributed by atoms with Crippen molar-refractivity contribution < 1.29 is 8.78 Å². The Bertz CT molecular complexity index is 314. The van der Waals surface area contributed by atoms with Crippen LogP contribution in [0.3, 0.4) is 0 Å². The molecular formula is C12H13F2. The molecule has 1 fully saturated rings. The highest BCUT2D eigenvalue weighted by Crippen LogP contribution is 2.32. The average Bonchev–Trinajstić information content (AvgIpc) is 2.23. The molecular weight excluding hydrogens is 182 g/mol. The molecule has 0 aliphatic heterocycles. The first-order chi connectivity index (χ1) is 6.77. The lowest BCUT2D eigenvalue weighted by molar-refractivity contribution is 0.488. The van der Waals surface area contributed by atoms with Crippen LogP contribution < -0.4 is 0 Å². The Morgan fingerprint density at radius 3 is 2.36 bits per heavy atom. The van der Waals surface area contributed by atoms with Gasteiger partial charge in [0.25, 0.3) is 0 Å². The van der Waals surface area contributed by atoms with Crippen LogP contribution in [0.5, 0.6) is 0 Å². The summed E-state index contributed by atoms with van der Waals surface area (Å²) >= 11 is 0. The molecule has 0 amide bonds. The summed E-state index contributed by atoms with van der Waals surface area (Å²) in [6, 6.07) is 4.27.